The van der Waals surface area contributed by atoms with Crippen LogP contribution in [0.25, 0.3) is 0 Å². The van der Waals surface area contributed by atoms with Crippen LogP contribution in [0.3, 0.4) is 0 Å². The highest BCUT2D eigenvalue weighted by Gasteiger charge is 2.35. The zero-order valence-corrected chi connectivity index (χ0v) is 11.3. The minimum Gasteiger partial charge on any atom is -0.465 e. The SMILES string of the molecule is CSC(N)=Nc1ncc(N(C)C(=O)O)cc1C(F)(F)F. The predicted octanol–water partition coefficient (Wildman–Crippen LogP) is 2.52. The highest BCUT2D eigenvalue weighted by molar-refractivity contribution is 8.13. The molecule has 0 saturated heterocycles. The van der Waals surface area contributed by atoms with E-state index in [2.05, 4.69) is 9.98 Å². The molecule has 0 spiro atoms. The van der Waals surface area contributed by atoms with Crippen molar-refractivity contribution < 1.29 is 23.1 Å². The summed E-state index contributed by atoms with van der Waals surface area (Å²) in [5.74, 6) is -0.605. The van der Waals surface area contributed by atoms with Crippen molar-refractivity contribution in [2.45, 2.75) is 6.18 Å². The number of halogens is 3. The van der Waals surface area contributed by atoms with Gasteiger partial charge in [-0.25, -0.2) is 14.8 Å². The largest absolute Gasteiger partial charge is 0.465 e. The van der Waals surface area contributed by atoms with Gasteiger partial charge in [0, 0.05) is 7.05 Å². The van der Waals surface area contributed by atoms with E-state index in [-0.39, 0.29) is 10.9 Å². The topological polar surface area (TPSA) is 91.8 Å². The molecule has 110 valence electrons. The number of alkyl halides is 3. The van der Waals surface area contributed by atoms with Gasteiger partial charge in [-0.15, -0.1) is 0 Å². The van der Waals surface area contributed by atoms with Crippen LogP contribution in [-0.2, 0) is 6.18 Å². The van der Waals surface area contributed by atoms with Crippen molar-refractivity contribution in [2.75, 3.05) is 18.2 Å². The maximum absolute atomic E-state index is 12.9. The van der Waals surface area contributed by atoms with Crippen LogP contribution in [0.1, 0.15) is 5.56 Å². The number of nitrogens with zero attached hydrogens (tertiary/aromatic N) is 3. The van der Waals surface area contributed by atoms with Gasteiger partial charge in [0.25, 0.3) is 0 Å². The molecule has 0 aliphatic rings. The maximum atomic E-state index is 12.9. The van der Waals surface area contributed by atoms with Crippen LogP contribution in [0.2, 0.25) is 0 Å². The average Bonchev–Trinajstić information content (AvgIpc) is 2.36. The van der Waals surface area contributed by atoms with Crippen molar-refractivity contribution in [3.05, 3.63) is 17.8 Å². The molecular weight excluding hydrogens is 297 g/mol. The summed E-state index contributed by atoms with van der Waals surface area (Å²) >= 11 is 0.970. The van der Waals surface area contributed by atoms with E-state index in [1.807, 2.05) is 0 Å². The molecule has 0 fully saturated rings. The average molecular weight is 308 g/mol. The van der Waals surface area contributed by atoms with Crippen molar-refractivity contribution in [1.29, 1.82) is 0 Å². The standard InChI is InChI=1S/C10H11F3N4O2S/c1-17(9(18)19)5-3-6(10(11,12)13)7(15-4-5)16-8(14)20-2/h3-4H,1-2H3,(H,18,19)(H2,14,15,16). The van der Waals surface area contributed by atoms with Crippen LogP contribution < -0.4 is 10.6 Å². The number of nitrogens with two attached hydrogens (primary N) is 1. The fraction of sp³-hybridized carbons (Fsp3) is 0.300. The second-order valence-corrected chi connectivity index (χ2v) is 4.38. The first-order chi connectivity index (χ1) is 9.16. The van der Waals surface area contributed by atoms with Crippen LogP contribution in [0, 0.1) is 0 Å². The van der Waals surface area contributed by atoms with Crippen molar-refractivity contribution in [2.24, 2.45) is 10.7 Å². The molecule has 0 radical (unpaired) electrons. The molecule has 3 N–H and O–H groups in total. The number of carboxylic acid groups (broad SMARTS) is 1. The van der Waals surface area contributed by atoms with Gasteiger partial charge in [-0.1, -0.05) is 11.8 Å². The van der Waals surface area contributed by atoms with E-state index in [0.29, 0.717) is 11.0 Å². The van der Waals surface area contributed by atoms with E-state index in [1.54, 1.807) is 6.26 Å². The maximum Gasteiger partial charge on any atom is 0.420 e. The van der Waals surface area contributed by atoms with E-state index >= 15 is 0 Å². The number of anilines is 1. The van der Waals surface area contributed by atoms with Gasteiger partial charge in [0.2, 0.25) is 0 Å². The lowest BCUT2D eigenvalue weighted by atomic mass is 10.2. The van der Waals surface area contributed by atoms with Crippen LogP contribution in [0.15, 0.2) is 17.3 Å². The smallest absolute Gasteiger partial charge is 0.420 e. The van der Waals surface area contributed by atoms with Gasteiger partial charge in [-0.3, -0.25) is 4.90 Å². The highest BCUT2D eigenvalue weighted by Crippen LogP contribution is 2.37. The molecule has 1 heterocycles. The number of thioether (sulfide) groups is 1. The third-order valence-corrected chi connectivity index (χ3v) is 2.77. The lowest BCUT2D eigenvalue weighted by molar-refractivity contribution is -0.137. The molecule has 10 heteroatoms. The Bertz CT molecular complexity index is 548. The molecule has 0 aromatic carbocycles. The number of amides is 1. The summed E-state index contributed by atoms with van der Waals surface area (Å²) in [7, 11) is 1.11. The molecule has 0 atom stereocenters. The Morgan fingerprint density at radius 2 is 2.15 bits per heavy atom. The fourth-order valence-corrected chi connectivity index (χ4v) is 1.37. The molecule has 1 amide bonds. The lowest BCUT2D eigenvalue weighted by Gasteiger charge is -2.16. The van der Waals surface area contributed by atoms with Crippen LogP contribution >= 0.6 is 11.8 Å². The number of amidine groups is 1. The van der Waals surface area contributed by atoms with Gasteiger partial charge in [0.05, 0.1) is 11.9 Å². The molecule has 0 unspecified atom stereocenters. The first-order valence-electron chi connectivity index (χ1n) is 5.09. The number of hydrogen-bond donors (Lipinski definition) is 2. The van der Waals surface area contributed by atoms with E-state index in [1.165, 1.54) is 0 Å². The Hall–Kier alpha value is -1.97. The Kier molecular flexibility index (Phi) is 4.82. The first-order valence-corrected chi connectivity index (χ1v) is 6.31. The number of pyridine rings is 1. The summed E-state index contributed by atoms with van der Waals surface area (Å²) < 4.78 is 38.8. The quantitative estimate of drug-likeness (QED) is 0.647. The molecule has 0 bridgehead atoms. The second-order valence-electron chi connectivity index (χ2n) is 3.56. The van der Waals surface area contributed by atoms with E-state index in [9.17, 15) is 18.0 Å². The highest BCUT2D eigenvalue weighted by atomic mass is 32.2. The van der Waals surface area contributed by atoms with E-state index < -0.39 is 23.7 Å². The Morgan fingerprint density at radius 3 is 2.60 bits per heavy atom. The third kappa shape index (κ3) is 3.76. The number of hydrogen-bond acceptors (Lipinski definition) is 4. The summed E-state index contributed by atoms with van der Waals surface area (Å²) in [5.41, 5.74) is 4.00. The van der Waals surface area contributed by atoms with E-state index in [4.69, 9.17) is 10.8 Å². The molecule has 1 aromatic heterocycles. The third-order valence-electron chi connectivity index (χ3n) is 2.26. The first kappa shape index (κ1) is 16.1. The second kappa shape index (κ2) is 5.99. The summed E-state index contributed by atoms with van der Waals surface area (Å²) in [4.78, 5) is 18.4. The van der Waals surface area contributed by atoms with Gasteiger partial charge < -0.3 is 10.8 Å². The summed E-state index contributed by atoms with van der Waals surface area (Å²) in [6.45, 7) is 0. The zero-order valence-electron chi connectivity index (χ0n) is 10.5. The molecule has 1 rings (SSSR count). The van der Waals surface area contributed by atoms with Crippen LogP contribution in [0.5, 0.6) is 0 Å². The number of aliphatic imine (C=N–C) groups is 1. The molecule has 0 aliphatic carbocycles. The van der Waals surface area contributed by atoms with Gasteiger partial charge in [-0.05, 0) is 12.3 Å². The van der Waals surface area contributed by atoms with Crippen LogP contribution in [-0.4, -0.2) is 34.7 Å². The molecular formula is C10H11F3N4O2S. The Morgan fingerprint density at radius 1 is 1.55 bits per heavy atom. The summed E-state index contributed by atoms with van der Waals surface area (Å²) in [6.07, 6.45) is -3.59. The summed E-state index contributed by atoms with van der Waals surface area (Å²) in [6, 6.07) is 0.660. The lowest BCUT2D eigenvalue weighted by Crippen LogP contribution is -2.24. The van der Waals surface area contributed by atoms with Crippen LogP contribution in [0.4, 0.5) is 29.5 Å². The van der Waals surface area contributed by atoms with Gasteiger partial charge in [0.15, 0.2) is 11.0 Å². The van der Waals surface area contributed by atoms with E-state index in [0.717, 1.165) is 25.0 Å². The summed E-state index contributed by atoms with van der Waals surface area (Å²) in [5, 5.41) is 8.67. The number of aromatic nitrogens is 1. The van der Waals surface area contributed by atoms with Crippen molar-refractivity contribution >= 4 is 34.5 Å². The van der Waals surface area contributed by atoms with Gasteiger partial charge in [0.1, 0.15) is 5.56 Å². The molecule has 1 aromatic rings. The number of carbonyl (C=O) groups is 1. The van der Waals surface area contributed by atoms with Crippen molar-refractivity contribution in [3.63, 3.8) is 0 Å². The minimum absolute atomic E-state index is 0.0812. The fourth-order valence-electron chi connectivity index (χ4n) is 1.19. The molecule has 6 nitrogen and oxygen atoms in total. The predicted molar refractivity (Wildman–Crippen MR) is 70.5 cm³/mol. The molecule has 20 heavy (non-hydrogen) atoms. The minimum atomic E-state index is -4.72. The molecule has 0 aliphatic heterocycles. The van der Waals surface area contributed by atoms with Gasteiger partial charge in [-0.2, -0.15) is 13.2 Å². The molecule has 0 saturated carbocycles. The zero-order chi connectivity index (χ0) is 15.5. The van der Waals surface area contributed by atoms with Crippen molar-refractivity contribution in [3.8, 4) is 0 Å². The number of rotatable bonds is 2. The Balaban J connectivity index is 3.39. The monoisotopic (exact) mass is 308 g/mol. The Labute approximate surface area is 116 Å². The van der Waals surface area contributed by atoms with Gasteiger partial charge >= 0.3 is 12.3 Å². The van der Waals surface area contributed by atoms with Crippen molar-refractivity contribution in [1.82, 2.24) is 4.98 Å². The normalized spacial score (nSPS) is 12.3.